The van der Waals surface area contributed by atoms with Crippen molar-refractivity contribution in [1.29, 1.82) is 0 Å². The summed E-state index contributed by atoms with van der Waals surface area (Å²) in [6.07, 6.45) is 0.741. The van der Waals surface area contributed by atoms with Gasteiger partial charge in [0, 0.05) is 28.3 Å². The third-order valence-corrected chi connectivity index (χ3v) is 4.28. The van der Waals surface area contributed by atoms with Crippen molar-refractivity contribution in [2.75, 3.05) is 11.5 Å². The van der Waals surface area contributed by atoms with Gasteiger partial charge >= 0.3 is 0 Å². The van der Waals surface area contributed by atoms with E-state index in [0.29, 0.717) is 11.5 Å². The van der Waals surface area contributed by atoms with Gasteiger partial charge in [0.25, 0.3) is 5.91 Å². The number of carbonyl (C=O) groups excluding carboxylic acids is 1. The van der Waals surface area contributed by atoms with Crippen LogP contribution in [0.25, 0.3) is 0 Å². The Morgan fingerprint density at radius 1 is 1.53 bits per heavy atom. The van der Waals surface area contributed by atoms with Crippen LogP contribution >= 0.6 is 0 Å². The van der Waals surface area contributed by atoms with Crippen molar-refractivity contribution in [3.05, 3.63) is 29.3 Å². The van der Waals surface area contributed by atoms with E-state index in [0.717, 1.165) is 12.0 Å². The summed E-state index contributed by atoms with van der Waals surface area (Å²) in [4.78, 5) is 11.9. The molecule has 4 nitrogen and oxygen atoms in total. The molecule has 1 aromatic carbocycles. The molecule has 0 spiro atoms. The summed E-state index contributed by atoms with van der Waals surface area (Å²) in [5.41, 5.74) is 1.20. The predicted molar refractivity (Wildman–Crippen MR) is 66.6 cm³/mol. The first-order valence-electron chi connectivity index (χ1n) is 5.51. The fourth-order valence-corrected chi connectivity index (χ4v) is 3.29. The fourth-order valence-electron chi connectivity index (χ4n) is 1.87. The fraction of sp³-hybridized carbons (Fsp3) is 0.417. The van der Waals surface area contributed by atoms with E-state index >= 15 is 0 Å². The second-order valence-electron chi connectivity index (χ2n) is 4.29. The summed E-state index contributed by atoms with van der Waals surface area (Å²) in [7, 11) is -0.813. The molecule has 1 saturated heterocycles. The van der Waals surface area contributed by atoms with Gasteiger partial charge in [-0.25, -0.2) is 0 Å². The number of nitrogens with one attached hydrogen (secondary N) is 1. The van der Waals surface area contributed by atoms with E-state index in [-0.39, 0.29) is 23.3 Å². The third kappa shape index (κ3) is 2.85. The maximum Gasteiger partial charge on any atom is 0.255 e. The summed E-state index contributed by atoms with van der Waals surface area (Å²) >= 11 is 0. The molecule has 1 heterocycles. The SMILES string of the molecule is Cc1ccc(O)c(C(=O)N[C@H]2CC[S@](=O)C2)c1. The molecule has 1 fully saturated rings. The van der Waals surface area contributed by atoms with Crippen LogP contribution in [0.4, 0.5) is 0 Å². The molecule has 0 aromatic heterocycles. The van der Waals surface area contributed by atoms with Crippen LogP contribution in [-0.4, -0.2) is 32.8 Å². The zero-order valence-corrected chi connectivity index (χ0v) is 10.4. The van der Waals surface area contributed by atoms with Crippen molar-refractivity contribution in [2.45, 2.75) is 19.4 Å². The van der Waals surface area contributed by atoms with Crippen LogP contribution in [0, 0.1) is 6.92 Å². The zero-order valence-electron chi connectivity index (χ0n) is 9.60. The largest absolute Gasteiger partial charge is 0.507 e. The number of hydrogen-bond donors (Lipinski definition) is 2. The number of amides is 1. The minimum absolute atomic E-state index is 0.0211. The number of hydrogen-bond acceptors (Lipinski definition) is 3. The van der Waals surface area contributed by atoms with Crippen LogP contribution in [-0.2, 0) is 10.8 Å². The molecule has 2 atom stereocenters. The molecule has 1 amide bonds. The minimum Gasteiger partial charge on any atom is -0.507 e. The lowest BCUT2D eigenvalue weighted by molar-refractivity contribution is 0.0938. The van der Waals surface area contributed by atoms with Gasteiger partial charge in [-0.2, -0.15) is 0 Å². The number of aromatic hydroxyl groups is 1. The van der Waals surface area contributed by atoms with Gasteiger partial charge in [0.1, 0.15) is 5.75 Å². The molecule has 0 saturated carbocycles. The topological polar surface area (TPSA) is 66.4 Å². The van der Waals surface area contributed by atoms with Crippen LogP contribution in [0.15, 0.2) is 18.2 Å². The van der Waals surface area contributed by atoms with Crippen molar-refractivity contribution in [3.63, 3.8) is 0 Å². The number of aryl methyl sites for hydroxylation is 1. The highest BCUT2D eigenvalue weighted by molar-refractivity contribution is 7.85. The third-order valence-electron chi connectivity index (χ3n) is 2.81. The normalized spacial score (nSPS) is 23.6. The highest BCUT2D eigenvalue weighted by atomic mass is 32.2. The van der Waals surface area contributed by atoms with Gasteiger partial charge in [0.15, 0.2) is 0 Å². The van der Waals surface area contributed by atoms with Crippen molar-refractivity contribution in [3.8, 4) is 5.75 Å². The van der Waals surface area contributed by atoms with Gasteiger partial charge in [-0.05, 0) is 25.5 Å². The molecule has 5 heteroatoms. The van der Waals surface area contributed by atoms with Crippen LogP contribution in [0.1, 0.15) is 22.3 Å². The first-order valence-corrected chi connectivity index (χ1v) is 7.00. The average Bonchev–Trinajstić information content (AvgIpc) is 2.67. The van der Waals surface area contributed by atoms with E-state index in [1.807, 2.05) is 6.92 Å². The number of carbonyl (C=O) groups is 1. The second-order valence-corrected chi connectivity index (χ2v) is 5.91. The Balaban J connectivity index is 2.09. The van der Waals surface area contributed by atoms with Gasteiger partial charge in [-0.3, -0.25) is 9.00 Å². The van der Waals surface area contributed by atoms with Crippen LogP contribution in [0.5, 0.6) is 5.75 Å². The highest BCUT2D eigenvalue weighted by Gasteiger charge is 2.23. The van der Waals surface area contributed by atoms with Crippen molar-refractivity contribution >= 4 is 16.7 Å². The molecular formula is C12H15NO3S. The molecule has 1 aliphatic heterocycles. The maximum absolute atomic E-state index is 11.9. The Hall–Kier alpha value is -1.36. The lowest BCUT2D eigenvalue weighted by atomic mass is 10.1. The molecule has 0 aliphatic carbocycles. The van der Waals surface area contributed by atoms with Gasteiger partial charge in [-0.1, -0.05) is 11.6 Å². The summed E-state index contributed by atoms with van der Waals surface area (Å²) < 4.78 is 11.2. The zero-order chi connectivity index (χ0) is 12.4. The molecule has 0 unspecified atom stereocenters. The van der Waals surface area contributed by atoms with Crippen LogP contribution in [0.3, 0.4) is 0 Å². The van der Waals surface area contributed by atoms with Crippen molar-refractivity contribution < 1.29 is 14.1 Å². The lowest BCUT2D eigenvalue weighted by Crippen LogP contribution is -2.35. The number of rotatable bonds is 2. The molecule has 0 bridgehead atoms. The summed E-state index contributed by atoms with van der Waals surface area (Å²) in [5, 5.41) is 12.4. The number of phenols is 1. The average molecular weight is 253 g/mol. The first kappa shape index (κ1) is 12.1. The van der Waals surface area contributed by atoms with Crippen molar-refractivity contribution in [2.24, 2.45) is 0 Å². The first-order chi connectivity index (χ1) is 8.06. The molecule has 0 radical (unpaired) electrons. The standard InChI is InChI=1S/C12H15NO3S/c1-8-2-3-11(14)10(6-8)12(15)13-9-4-5-17(16)7-9/h2-3,6,9,14H,4-5,7H2,1H3,(H,13,15)/t9-,17-/m0/s1. The lowest BCUT2D eigenvalue weighted by Gasteiger charge is -2.12. The van der Waals surface area contributed by atoms with Crippen LogP contribution in [0.2, 0.25) is 0 Å². The molecule has 1 aromatic rings. The number of phenolic OH excluding ortho intramolecular Hbond substituents is 1. The van der Waals surface area contributed by atoms with Gasteiger partial charge < -0.3 is 10.4 Å². The Morgan fingerprint density at radius 3 is 2.94 bits per heavy atom. The minimum atomic E-state index is -0.813. The summed E-state index contributed by atoms with van der Waals surface area (Å²) in [5.74, 6) is 0.839. The molecule has 2 rings (SSSR count). The van der Waals surface area contributed by atoms with E-state index < -0.39 is 10.8 Å². The van der Waals surface area contributed by atoms with E-state index in [9.17, 15) is 14.1 Å². The Morgan fingerprint density at radius 2 is 2.29 bits per heavy atom. The Kier molecular flexibility index (Phi) is 3.47. The van der Waals surface area contributed by atoms with Crippen molar-refractivity contribution in [1.82, 2.24) is 5.32 Å². The summed E-state index contributed by atoms with van der Waals surface area (Å²) in [6, 6.07) is 4.87. The quantitative estimate of drug-likeness (QED) is 0.824. The van der Waals surface area contributed by atoms with Gasteiger partial charge in [-0.15, -0.1) is 0 Å². The maximum atomic E-state index is 11.9. The number of benzene rings is 1. The molecule has 17 heavy (non-hydrogen) atoms. The van der Waals surface area contributed by atoms with E-state index in [4.69, 9.17) is 0 Å². The van der Waals surface area contributed by atoms with E-state index in [1.54, 1.807) is 12.1 Å². The molecule has 2 N–H and O–H groups in total. The van der Waals surface area contributed by atoms with E-state index in [1.165, 1.54) is 6.07 Å². The molecule has 92 valence electrons. The molecule has 1 aliphatic rings. The highest BCUT2D eigenvalue weighted by Crippen LogP contribution is 2.18. The Bertz CT molecular complexity index is 473. The predicted octanol–water partition coefficient (Wildman–Crippen LogP) is 0.951. The molecular weight excluding hydrogens is 238 g/mol. The van der Waals surface area contributed by atoms with Gasteiger partial charge in [0.2, 0.25) is 0 Å². The van der Waals surface area contributed by atoms with Crippen LogP contribution < -0.4 is 5.32 Å². The second kappa shape index (κ2) is 4.87. The smallest absolute Gasteiger partial charge is 0.255 e. The Labute approximate surface area is 102 Å². The van der Waals surface area contributed by atoms with Gasteiger partial charge in [0.05, 0.1) is 5.56 Å². The monoisotopic (exact) mass is 253 g/mol. The van der Waals surface area contributed by atoms with E-state index in [2.05, 4.69) is 5.32 Å². The summed E-state index contributed by atoms with van der Waals surface area (Å²) in [6.45, 7) is 1.86.